The monoisotopic (exact) mass is 291 g/mol. The normalized spacial score (nSPS) is 18.4. The molecule has 1 aliphatic heterocycles. The van der Waals surface area contributed by atoms with Crippen molar-refractivity contribution in [2.45, 2.75) is 26.7 Å². The molecule has 0 unspecified atom stereocenters. The van der Waals surface area contributed by atoms with Crippen molar-refractivity contribution in [1.82, 2.24) is 4.90 Å². The third-order valence-electron chi connectivity index (χ3n) is 3.96. The van der Waals surface area contributed by atoms with Crippen molar-refractivity contribution >= 4 is 11.9 Å². The zero-order chi connectivity index (χ0) is 15.4. The van der Waals surface area contributed by atoms with Crippen molar-refractivity contribution in [3.63, 3.8) is 0 Å². The average Bonchev–Trinajstić information content (AvgIpc) is 2.48. The van der Waals surface area contributed by atoms with Crippen LogP contribution in [-0.4, -0.2) is 41.6 Å². The number of amides is 1. The summed E-state index contributed by atoms with van der Waals surface area (Å²) in [6.45, 7) is 4.86. The Hall–Kier alpha value is -2.04. The lowest BCUT2D eigenvalue weighted by atomic mass is 9.98. The van der Waals surface area contributed by atoms with Crippen molar-refractivity contribution in [2.75, 3.05) is 19.7 Å². The Morgan fingerprint density at radius 3 is 2.76 bits per heavy atom. The quantitative estimate of drug-likeness (QED) is 0.921. The van der Waals surface area contributed by atoms with E-state index < -0.39 is 11.9 Å². The maximum absolute atomic E-state index is 12.1. The van der Waals surface area contributed by atoms with Gasteiger partial charge >= 0.3 is 5.97 Å². The third kappa shape index (κ3) is 3.97. The summed E-state index contributed by atoms with van der Waals surface area (Å²) in [4.78, 5) is 24.7. The SMILES string of the molecule is Cc1ccc(OCC(=O)N2CCC[C@@H](C(=O)O)C2)cc1C. The lowest BCUT2D eigenvalue weighted by Crippen LogP contribution is -2.44. The van der Waals surface area contributed by atoms with Gasteiger partial charge in [-0.05, 0) is 49.9 Å². The molecule has 1 heterocycles. The molecule has 0 radical (unpaired) electrons. The fourth-order valence-electron chi connectivity index (χ4n) is 2.45. The summed E-state index contributed by atoms with van der Waals surface area (Å²) in [6.07, 6.45) is 1.36. The summed E-state index contributed by atoms with van der Waals surface area (Å²) in [5.74, 6) is -0.774. The van der Waals surface area contributed by atoms with E-state index in [9.17, 15) is 9.59 Å². The Kier molecular flexibility index (Phi) is 4.83. The van der Waals surface area contributed by atoms with E-state index in [1.165, 1.54) is 5.56 Å². The third-order valence-corrected chi connectivity index (χ3v) is 3.96. The molecule has 1 fully saturated rings. The molecule has 5 heteroatoms. The van der Waals surface area contributed by atoms with E-state index in [0.29, 0.717) is 18.7 Å². The van der Waals surface area contributed by atoms with Crippen LogP contribution in [0.3, 0.4) is 0 Å². The van der Waals surface area contributed by atoms with E-state index in [2.05, 4.69) is 0 Å². The zero-order valence-corrected chi connectivity index (χ0v) is 12.5. The predicted octanol–water partition coefficient (Wildman–Crippen LogP) is 2.01. The van der Waals surface area contributed by atoms with Crippen molar-refractivity contribution in [1.29, 1.82) is 0 Å². The van der Waals surface area contributed by atoms with Crippen LogP contribution < -0.4 is 4.74 Å². The smallest absolute Gasteiger partial charge is 0.308 e. The number of carboxylic acids is 1. The van der Waals surface area contributed by atoms with Gasteiger partial charge in [0.15, 0.2) is 6.61 Å². The molecular formula is C16H21NO4. The number of aliphatic carboxylic acids is 1. The van der Waals surface area contributed by atoms with Crippen LogP contribution in [0.4, 0.5) is 0 Å². The van der Waals surface area contributed by atoms with Gasteiger partial charge in [0, 0.05) is 13.1 Å². The summed E-state index contributed by atoms with van der Waals surface area (Å²) in [5.41, 5.74) is 2.29. The second-order valence-corrected chi connectivity index (χ2v) is 5.55. The number of likely N-dealkylation sites (tertiary alicyclic amines) is 1. The fraction of sp³-hybridized carbons (Fsp3) is 0.500. The Bertz CT molecular complexity index is 541. The van der Waals surface area contributed by atoms with Crippen molar-refractivity contribution < 1.29 is 19.4 Å². The molecular weight excluding hydrogens is 270 g/mol. The van der Waals surface area contributed by atoms with Crippen molar-refractivity contribution in [2.24, 2.45) is 5.92 Å². The molecule has 0 saturated carbocycles. The van der Waals surface area contributed by atoms with E-state index in [1.807, 2.05) is 32.0 Å². The van der Waals surface area contributed by atoms with Gasteiger partial charge < -0.3 is 14.7 Å². The highest BCUT2D eigenvalue weighted by Crippen LogP contribution is 2.18. The number of carbonyl (C=O) groups is 2. The summed E-state index contributed by atoms with van der Waals surface area (Å²) < 4.78 is 5.51. The molecule has 1 aliphatic rings. The lowest BCUT2D eigenvalue weighted by molar-refractivity contribution is -0.146. The predicted molar refractivity (Wildman–Crippen MR) is 78.4 cm³/mol. The van der Waals surface area contributed by atoms with Crippen molar-refractivity contribution in [3.8, 4) is 5.75 Å². The Morgan fingerprint density at radius 1 is 1.33 bits per heavy atom. The van der Waals surface area contributed by atoms with E-state index in [1.54, 1.807) is 4.90 Å². The van der Waals surface area contributed by atoms with Gasteiger partial charge in [0.2, 0.25) is 0 Å². The van der Waals surface area contributed by atoms with Gasteiger partial charge in [-0.25, -0.2) is 0 Å². The highest BCUT2D eigenvalue weighted by atomic mass is 16.5. The number of rotatable bonds is 4. The van der Waals surface area contributed by atoms with Gasteiger partial charge in [-0.3, -0.25) is 9.59 Å². The van der Waals surface area contributed by atoms with Crippen LogP contribution in [0.2, 0.25) is 0 Å². The number of hydrogen-bond acceptors (Lipinski definition) is 3. The van der Waals surface area contributed by atoms with Crippen LogP contribution in [0, 0.1) is 19.8 Å². The maximum Gasteiger partial charge on any atom is 0.308 e. The minimum atomic E-state index is -0.831. The Balaban J connectivity index is 1.89. The lowest BCUT2D eigenvalue weighted by Gasteiger charge is -2.30. The Morgan fingerprint density at radius 2 is 2.10 bits per heavy atom. The van der Waals surface area contributed by atoms with Gasteiger partial charge in [-0.1, -0.05) is 6.07 Å². The summed E-state index contributed by atoms with van der Waals surface area (Å²) in [5, 5.41) is 9.03. The molecule has 1 aromatic rings. The molecule has 5 nitrogen and oxygen atoms in total. The Labute approximate surface area is 124 Å². The molecule has 114 valence electrons. The average molecular weight is 291 g/mol. The van der Waals surface area contributed by atoms with Crippen LogP contribution in [0.25, 0.3) is 0 Å². The van der Waals surface area contributed by atoms with Crippen LogP contribution in [0.15, 0.2) is 18.2 Å². The molecule has 1 amide bonds. The summed E-state index contributed by atoms with van der Waals surface area (Å²) in [7, 11) is 0. The number of carboxylic acid groups (broad SMARTS) is 1. The molecule has 2 rings (SSSR count). The van der Waals surface area contributed by atoms with Gasteiger partial charge in [0.25, 0.3) is 5.91 Å². The van der Waals surface area contributed by atoms with Gasteiger partial charge in [0.1, 0.15) is 5.75 Å². The minimum absolute atomic E-state index is 0.0468. The molecule has 1 aromatic carbocycles. The first-order valence-electron chi connectivity index (χ1n) is 7.18. The number of benzene rings is 1. The van der Waals surface area contributed by atoms with Crippen LogP contribution in [0.1, 0.15) is 24.0 Å². The number of carbonyl (C=O) groups excluding carboxylic acids is 1. The van der Waals surface area contributed by atoms with Gasteiger partial charge in [0.05, 0.1) is 5.92 Å². The first-order valence-corrected chi connectivity index (χ1v) is 7.18. The second-order valence-electron chi connectivity index (χ2n) is 5.55. The number of aryl methyl sites for hydroxylation is 2. The second kappa shape index (κ2) is 6.61. The van der Waals surface area contributed by atoms with E-state index in [4.69, 9.17) is 9.84 Å². The minimum Gasteiger partial charge on any atom is -0.484 e. The standard InChI is InChI=1S/C16H21NO4/c1-11-5-6-14(8-12(11)2)21-10-15(18)17-7-3-4-13(9-17)16(19)20/h5-6,8,13H,3-4,7,9-10H2,1-2H3,(H,19,20)/t13-/m1/s1. The van der Waals surface area contributed by atoms with E-state index in [0.717, 1.165) is 12.0 Å². The number of piperidine rings is 1. The summed E-state index contributed by atoms with van der Waals surface area (Å²) >= 11 is 0. The van der Waals surface area contributed by atoms with Crippen LogP contribution in [0.5, 0.6) is 5.75 Å². The van der Waals surface area contributed by atoms with Crippen LogP contribution >= 0.6 is 0 Å². The largest absolute Gasteiger partial charge is 0.484 e. The highest BCUT2D eigenvalue weighted by molar-refractivity contribution is 5.79. The molecule has 0 bridgehead atoms. The molecule has 1 atom stereocenters. The molecule has 21 heavy (non-hydrogen) atoms. The summed E-state index contributed by atoms with van der Waals surface area (Å²) in [6, 6.07) is 5.70. The highest BCUT2D eigenvalue weighted by Gasteiger charge is 2.28. The number of ether oxygens (including phenoxy) is 1. The maximum atomic E-state index is 12.1. The first kappa shape index (κ1) is 15.4. The van der Waals surface area contributed by atoms with Gasteiger partial charge in [-0.15, -0.1) is 0 Å². The molecule has 1 saturated heterocycles. The number of nitrogens with zero attached hydrogens (tertiary/aromatic N) is 1. The fourth-order valence-corrected chi connectivity index (χ4v) is 2.45. The van der Waals surface area contributed by atoms with Crippen LogP contribution in [-0.2, 0) is 9.59 Å². The zero-order valence-electron chi connectivity index (χ0n) is 12.5. The van der Waals surface area contributed by atoms with E-state index >= 15 is 0 Å². The first-order chi connectivity index (χ1) is 9.97. The van der Waals surface area contributed by atoms with Gasteiger partial charge in [-0.2, -0.15) is 0 Å². The molecule has 0 spiro atoms. The molecule has 1 N–H and O–H groups in total. The molecule has 0 aliphatic carbocycles. The van der Waals surface area contributed by atoms with Crippen molar-refractivity contribution in [3.05, 3.63) is 29.3 Å². The number of hydrogen-bond donors (Lipinski definition) is 1. The molecule has 0 aromatic heterocycles. The topological polar surface area (TPSA) is 66.8 Å². The van der Waals surface area contributed by atoms with E-state index in [-0.39, 0.29) is 19.1 Å².